The quantitative estimate of drug-likeness (QED) is 0.803. The van der Waals surface area contributed by atoms with E-state index in [1.165, 1.54) is 46.3 Å². The van der Waals surface area contributed by atoms with Crippen molar-refractivity contribution in [2.75, 3.05) is 6.54 Å². The lowest BCUT2D eigenvalue weighted by atomic mass is 10.0. The molecule has 1 aliphatic rings. The number of thiophene rings is 1. The summed E-state index contributed by atoms with van der Waals surface area (Å²) >= 11 is 1.95. The molecule has 2 aromatic rings. The van der Waals surface area contributed by atoms with Crippen molar-refractivity contribution < 1.29 is 0 Å². The number of nitrogens with one attached hydrogen (secondary N) is 1. The number of fused-ring (bicyclic) bond motifs is 1. The van der Waals surface area contributed by atoms with Crippen LogP contribution in [0.3, 0.4) is 0 Å². The Kier molecular flexibility index (Phi) is 3.40. The van der Waals surface area contributed by atoms with Gasteiger partial charge < -0.3 is 5.32 Å². The van der Waals surface area contributed by atoms with Crippen molar-refractivity contribution in [2.24, 2.45) is 5.41 Å². The molecule has 102 valence electrons. The van der Waals surface area contributed by atoms with Gasteiger partial charge in [-0.2, -0.15) is 0 Å². The van der Waals surface area contributed by atoms with Crippen molar-refractivity contribution in [3.05, 3.63) is 34.7 Å². The fraction of sp³-hybridized carbons (Fsp3) is 0.529. The Morgan fingerprint density at radius 3 is 2.68 bits per heavy atom. The lowest BCUT2D eigenvalue weighted by Gasteiger charge is -2.18. The lowest BCUT2D eigenvalue weighted by molar-refractivity contribution is 0.417. The summed E-state index contributed by atoms with van der Waals surface area (Å²) < 4.78 is 1.42. The minimum absolute atomic E-state index is 0.474. The molecule has 1 saturated carbocycles. The third-order valence-corrected chi connectivity index (χ3v) is 6.22. The fourth-order valence-electron chi connectivity index (χ4n) is 2.90. The molecule has 3 rings (SSSR count). The number of rotatable bonds is 5. The molecule has 1 unspecified atom stereocenters. The maximum absolute atomic E-state index is 3.76. The van der Waals surface area contributed by atoms with E-state index in [1.807, 2.05) is 11.3 Å². The van der Waals surface area contributed by atoms with Crippen molar-refractivity contribution in [3.63, 3.8) is 0 Å². The first-order valence-electron chi connectivity index (χ1n) is 7.37. The predicted molar refractivity (Wildman–Crippen MR) is 84.9 cm³/mol. The van der Waals surface area contributed by atoms with Crippen molar-refractivity contribution in [2.45, 2.75) is 46.1 Å². The molecule has 0 aliphatic heterocycles. The largest absolute Gasteiger partial charge is 0.309 e. The monoisotopic (exact) mass is 273 g/mol. The number of hydrogen-bond acceptors (Lipinski definition) is 2. The summed E-state index contributed by atoms with van der Waals surface area (Å²) in [5.41, 5.74) is 2.08. The molecule has 0 amide bonds. The molecule has 0 radical (unpaired) electrons. The van der Waals surface area contributed by atoms with Crippen LogP contribution in [-0.2, 0) is 0 Å². The SMILES string of the molecule is CCC1(CNC(C)c2sc3ccccc3c2C)CC1. The van der Waals surface area contributed by atoms with Crippen molar-refractivity contribution in [3.8, 4) is 0 Å². The lowest BCUT2D eigenvalue weighted by Crippen LogP contribution is -2.26. The van der Waals surface area contributed by atoms with Crippen LogP contribution in [0.2, 0.25) is 0 Å². The second-order valence-corrected chi connectivity index (χ2v) is 7.13. The van der Waals surface area contributed by atoms with E-state index in [2.05, 4.69) is 50.4 Å². The molecule has 19 heavy (non-hydrogen) atoms. The summed E-state index contributed by atoms with van der Waals surface area (Å²) in [7, 11) is 0. The first-order chi connectivity index (χ1) is 9.15. The van der Waals surface area contributed by atoms with Crippen molar-refractivity contribution in [1.29, 1.82) is 0 Å². The van der Waals surface area contributed by atoms with Gasteiger partial charge >= 0.3 is 0 Å². The van der Waals surface area contributed by atoms with Crippen LogP contribution in [0.1, 0.15) is 49.6 Å². The molecule has 0 saturated heterocycles. The standard InChI is InChI=1S/C17H23NS/c1-4-17(9-10-17)11-18-13(3)16-12(2)14-7-5-6-8-15(14)19-16/h5-8,13,18H,4,9-11H2,1-3H3. The highest BCUT2D eigenvalue weighted by molar-refractivity contribution is 7.19. The number of hydrogen-bond donors (Lipinski definition) is 1. The van der Waals surface area contributed by atoms with Crippen LogP contribution < -0.4 is 5.32 Å². The highest BCUT2D eigenvalue weighted by Crippen LogP contribution is 2.48. The second kappa shape index (κ2) is 4.92. The third-order valence-electron chi connectivity index (χ3n) is 4.76. The van der Waals surface area contributed by atoms with Gasteiger partial charge in [0, 0.05) is 22.2 Å². The van der Waals surface area contributed by atoms with Crippen molar-refractivity contribution >= 4 is 21.4 Å². The van der Waals surface area contributed by atoms with E-state index in [-0.39, 0.29) is 0 Å². The summed E-state index contributed by atoms with van der Waals surface area (Å²) in [6.07, 6.45) is 4.14. The Morgan fingerprint density at radius 1 is 1.32 bits per heavy atom. The summed E-state index contributed by atoms with van der Waals surface area (Å²) in [5.74, 6) is 0. The van der Waals surface area contributed by atoms with E-state index in [0.29, 0.717) is 11.5 Å². The van der Waals surface area contributed by atoms with E-state index in [9.17, 15) is 0 Å². The van der Waals surface area contributed by atoms with Gasteiger partial charge in [-0.25, -0.2) is 0 Å². The van der Waals surface area contributed by atoms with Crippen LogP contribution >= 0.6 is 11.3 Å². The van der Waals surface area contributed by atoms with Crippen LogP contribution in [-0.4, -0.2) is 6.54 Å². The molecule has 1 aromatic heterocycles. The molecular formula is C17H23NS. The Morgan fingerprint density at radius 2 is 2.05 bits per heavy atom. The van der Waals surface area contributed by atoms with Gasteiger partial charge in [0.2, 0.25) is 0 Å². The number of aryl methyl sites for hydroxylation is 1. The first-order valence-corrected chi connectivity index (χ1v) is 8.18. The van der Waals surface area contributed by atoms with Gasteiger partial charge in [-0.05, 0) is 55.5 Å². The molecule has 1 aromatic carbocycles. The maximum Gasteiger partial charge on any atom is 0.0389 e. The fourth-order valence-corrected chi connectivity index (χ4v) is 4.14. The minimum atomic E-state index is 0.474. The van der Waals surface area contributed by atoms with E-state index < -0.39 is 0 Å². The van der Waals surface area contributed by atoms with Crippen molar-refractivity contribution in [1.82, 2.24) is 5.32 Å². The summed E-state index contributed by atoms with van der Waals surface area (Å²) in [4.78, 5) is 1.51. The van der Waals surface area contributed by atoms with Crippen LogP contribution in [0.25, 0.3) is 10.1 Å². The molecule has 1 N–H and O–H groups in total. The Bertz CT molecular complexity index is 580. The average molecular weight is 273 g/mol. The predicted octanol–water partition coefficient (Wildman–Crippen LogP) is 5.05. The number of benzene rings is 1. The van der Waals surface area contributed by atoms with E-state index >= 15 is 0 Å². The first kappa shape index (κ1) is 13.1. The molecule has 0 bridgehead atoms. The van der Waals surface area contributed by atoms with Crippen LogP contribution in [0.15, 0.2) is 24.3 Å². The molecule has 1 aliphatic carbocycles. The van der Waals surface area contributed by atoms with Gasteiger partial charge in [0.25, 0.3) is 0 Å². The molecule has 0 spiro atoms. The maximum atomic E-state index is 3.76. The van der Waals surface area contributed by atoms with Crippen LogP contribution in [0, 0.1) is 12.3 Å². The van der Waals surface area contributed by atoms with Gasteiger partial charge in [-0.1, -0.05) is 25.1 Å². The Balaban J connectivity index is 1.77. The van der Waals surface area contributed by atoms with E-state index in [4.69, 9.17) is 0 Å². The van der Waals surface area contributed by atoms with Crippen LogP contribution in [0.4, 0.5) is 0 Å². The third kappa shape index (κ3) is 2.44. The highest BCUT2D eigenvalue weighted by Gasteiger charge is 2.40. The molecule has 1 nitrogen and oxygen atoms in total. The van der Waals surface area contributed by atoms with Gasteiger partial charge in [0.05, 0.1) is 0 Å². The highest BCUT2D eigenvalue weighted by atomic mass is 32.1. The summed E-state index contributed by atoms with van der Waals surface area (Å²) in [6, 6.07) is 9.22. The molecular weight excluding hydrogens is 250 g/mol. The summed E-state index contributed by atoms with van der Waals surface area (Å²) in [5, 5.41) is 5.19. The normalized spacial score (nSPS) is 18.7. The zero-order valence-corrected chi connectivity index (χ0v) is 12.9. The summed E-state index contributed by atoms with van der Waals surface area (Å²) in [6.45, 7) is 8.07. The second-order valence-electron chi connectivity index (χ2n) is 6.04. The average Bonchev–Trinajstić information content (AvgIpc) is 3.15. The van der Waals surface area contributed by atoms with Crippen LogP contribution in [0.5, 0.6) is 0 Å². The zero-order valence-electron chi connectivity index (χ0n) is 12.1. The topological polar surface area (TPSA) is 12.0 Å². The van der Waals surface area contributed by atoms with E-state index in [1.54, 1.807) is 0 Å². The molecule has 2 heteroatoms. The molecule has 1 atom stereocenters. The molecule has 1 fully saturated rings. The minimum Gasteiger partial charge on any atom is -0.309 e. The van der Waals surface area contributed by atoms with E-state index in [0.717, 1.165) is 0 Å². The van der Waals surface area contributed by atoms with Gasteiger partial charge in [-0.3, -0.25) is 0 Å². The smallest absolute Gasteiger partial charge is 0.0389 e. The Hall–Kier alpha value is -0.860. The van der Waals surface area contributed by atoms with Gasteiger partial charge in [-0.15, -0.1) is 11.3 Å². The van der Waals surface area contributed by atoms with Gasteiger partial charge in [0.1, 0.15) is 0 Å². The van der Waals surface area contributed by atoms with Gasteiger partial charge in [0.15, 0.2) is 0 Å². The Labute approximate surface area is 120 Å². The zero-order chi connectivity index (χ0) is 13.5. The molecule has 1 heterocycles.